The summed E-state index contributed by atoms with van der Waals surface area (Å²) in [4.78, 5) is 22.4. The van der Waals surface area contributed by atoms with E-state index in [1.54, 1.807) is 12.4 Å². The number of carboxylic acids is 1. The highest BCUT2D eigenvalue weighted by molar-refractivity contribution is 5.76. The first-order valence-corrected chi connectivity index (χ1v) is 8.00. The highest BCUT2D eigenvalue weighted by Crippen LogP contribution is 2.36. The van der Waals surface area contributed by atoms with Gasteiger partial charge in [0.25, 0.3) is 0 Å². The summed E-state index contributed by atoms with van der Waals surface area (Å²) in [6.45, 7) is 4.87. The number of aliphatic carboxylic acids is 1. The molecule has 1 aromatic heterocycles. The number of carboxylic acid groups (broad SMARTS) is 1. The first kappa shape index (κ1) is 16.7. The molecule has 2 atom stereocenters. The molecule has 6 nitrogen and oxygen atoms in total. The molecule has 6 heteroatoms. The van der Waals surface area contributed by atoms with E-state index < -0.39 is 17.5 Å². The molecule has 0 spiro atoms. The molecule has 0 amide bonds. The number of aliphatic hydroxyl groups is 1. The Balaban J connectivity index is 2.20. The van der Waals surface area contributed by atoms with Crippen molar-refractivity contribution in [3.63, 3.8) is 0 Å². The highest BCUT2D eigenvalue weighted by Gasteiger charge is 2.48. The second-order valence-corrected chi connectivity index (χ2v) is 6.08. The Bertz CT molecular complexity index is 506. The van der Waals surface area contributed by atoms with Crippen LogP contribution in [0.15, 0.2) is 12.4 Å². The van der Waals surface area contributed by atoms with Crippen molar-refractivity contribution in [3.05, 3.63) is 18.0 Å². The lowest BCUT2D eigenvalue weighted by molar-refractivity contribution is -0.158. The van der Waals surface area contributed by atoms with E-state index in [4.69, 9.17) is 0 Å². The van der Waals surface area contributed by atoms with Crippen molar-refractivity contribution >= 4 is 11.9 Å². The topological polar surface area (TPSA) is 86.5 Å². The molecule has 0 radical (unpaired) electrons. The third-order valence-electron chi connectivity index (χ3n) is 4.42. The number of nitrogens with zero attached hydrogens (tertiary/aromatic N) is 3. The van der Waals surface area contributed by atoms with Crippen molar-refractivity contribution in [2.45, 2.75) is 52.1 Å². The molecule has 2 heterocycles. The van der Waals surface area contributed by atoms with Crippen LogP contribution in [-0.4, -0.2) is 45.3 Å². The summed E-state index contributed by atoms with van der Waals surface area (Å²) in [7, 11) is 0. The fourth-order valence-electron chi connectivity index (χ4n) is 3.19. The third kappa shape index (κ3) is 3.21. The lowest BCUT2D eigenvalue weighted by Gasteiger charge is -2.43. The number of hydrogen-bond donors (Lipinski definition) is 2. The van der Waals surface area contributed by atoms with Crippen LogP contribution in [0, 0.1) is 5.41 Å². The molecule has 1 aromatic rings. The molecule has 0 aliphatic carbocycles. The number of anilines is 1. The third-order valence-corrected chi connectivity index (χ3v) is 4.42. The Morgan fingerprint density at radius 2 is 2.05 bits per heavy atom. The Kier molecular flexibility index (Phi) is 5.34. The monoisotopic (exact) mass is 307 g/mol. The molecule has 22 heavy (non-hydrogen) atoms. The number of aryl methyl sites for hydroxylation is 1. The fourth-order valence-corrected chi connectivity index (χ4v) is 3.19. The van der Waals surface area contributed by atoms with Crippen LogP contribution in [0.3, 0.4) is 0 Å². The van der Waals surface area contributed by atoms with Crippen molar-refractivity contribution < 1.29 is 15.0 Å². The lowest BCUT2D eigenvalue weighted by atomic mass is 9.74. The summed E-state index contributed by atoms with van der Waals surface area (Å²) >= 11 is 0. The standard InChI is InChI=1S/C16H25N3O3/c1-3-5-12-9-17-15(18-10-12)19-8-6-13(20)16(11-19,7-4-2)14(21)22/h9-10,13,20H,3-8,11H2,1-2H3,(H,21,22)/t13-,16-/m0/s1. The Labute approximate surface area is 131 Å². The van der Waals surface area contributed by atoms with Crippen molar-refractivity contribution in [2.75, 3.05) is 18.0 Å². The summed E-state index contributed by atoms with van der Waals surface area (Å²) in [5, 5.41) is 19.9. The van der Waals surface area contributed by atoms with E-state index in [1.165, 1.54) is 0 Å². The van der Waals surface area contributed by atoms with E-state index in [-0.39, 0.29) is 6.54 Å². The predicted octanol–water partition coefficient (Wildman–Crippen LogP) is 1.87. The molecule has 0 aromatic carbocycles. The average molecular weight is 307 g/mol. The molecule has 1 aliphatic rings. The zero-order valence-electron chi connectivity index (χ0n) is 13.3. The van der Waals surface area contributed by atoms with Crippen LogP contribution in [0.1, 0.15) is 45.1 Å². The number of rotatable bonds is 6. The van der Waals surface area contributed by atoms with Crippen molar-refractivity contribution in [3.8, 4) is 0 Å². The number of piperidine rings is 1. The van der Waals surface area contributed by atoms with Crippen LogP contribution in [0.5, 0.6) is 0 Å². The summed E-state index contributed by atoms with van der Waals surface area (Å²) in [5.41, 5.74) is -0.0420. The van der Waals surface area contributed by atoms with E-state index in [0.29, 0.717) is 31.8 Å². The number of carbonyl (C=O) groups is 1. The van der Waals surface area contributed by atoms with E-state index in [0.717, 1.165) is 18.4 Å². The first-order valence-electron chi connectivity index (χ1n) is 8.00. The quantitative estimate of drug-likeness (QED) is 0.834. The zero-order valence-corrected chi connectivity index (χ0v) is 13.3. The minimum atomic E-state index is -1.13. The van der Waals surface area contributed by atoms with Crippen molar-refractivity contribution in [1.29, 1.82) is 0 Å². The molecular weight excluding hydrogens is 282 g/mol. The molecule has 122 valence electrons. The van der Waals surface area contributed by atoms with Crippen LogP contribution in [-0.2, 0) is 11.2 Å². The molecule has 1 fully saturated rings. The maximum atomic E-state index is 11.8. The number of aliphatic hydroxyl groups excluding tert-OH is 1. The molecule has 0 bridgehead atoms. The first-order chi connectivity index (χ1) is 10.5. The van der Waals surface area contributed by atoms with Gasteiger partial charge in [0.15, 0.2) is 0 Å². The van der Waals surface area contributed by atoms with Gasteiger partial charge in [-0.1, -0.05) is 26.7 Å². The van der Waals surface area contributed by atoms with Gasteiger partial charge in [0.05, 0.1) is 6.10 Å². The van der Waals surface area contributed by atoms with Crippen molar-refractivity contribution in [1.82, 2.24) is 9.97 Å². The van der Waals surface area contributed by atoms with Gasteiger partial charge in [-0.2, -0.15) is 0 Å². The van der Waals surface area contributed by atoms with Gasteiger partial charge in [-0.25, -0.2) is 9.97 Å². The SMILES string of the molecule is CCCc1cnc(N2CC[C@H](O)[C@@](CCC)(C(=O)O)C2)nc1. The summed E-state index contributed by atoms with van der Waals surface area (Å²) in [6, 6.07) is 0. The van der Waals surface area contributed by atoms with Gasteiger partial charge in [-0.05, 0) is 24.8 Å². The van der Waals surface area contributed by atoms with Gasteiger partial charge in [0.1, 0.15) is 5.41 Å². The van der Waals surface area contributed by atoms with Gasteiger partial charge in [-0.3, -0.25) is 4.79 Å². The maximum absolute atomic E-state index is 11.8. The van der Waals surface area contributed by atoms with Crippen LogP contribution >= 0.6 is 0 Å². The summed E-state index contributed by atoms with van der Waals surface area (Å²) in [5.74, 6) is -0.386. The predicted molar refractivity (Wildman–Crippen MR) is 83.8 cm³/mol. The van der Waals surface area contributed by atoms with E-state index in [1.807, 2.05) is 11.8 Å². The Morgan fingerprint density at radius 3 is 2.59 bits per heavy atom. The molecule has 0 unspecified atom stereocenters. The largest absolute Gasteiger partial charge is 0.481 e. The smallest absolute Gasteiger partial charge is 0.314 e. The average Bonchev–Trinajstić information content (AvgIpc) is 2.51. The van der Waals surface area contributed by atoms with Gasteiger partial charge in [0, 0.05) is 25.5 Å². The van der Waals surface area contributed by atoms with E-state index in [9.17, 15) is 15.0 Å². The minimum Gasteiger partial charge on any atom is -0.481 e. The molecule has 0 saturated carbocycles. The number of aromatic nitrogens is 2. The van der Waals surface area contributed by atoms with E-state index in [2.05, 4.69) is 16.9 Å². The molecule has 1 aliphatic heterocycles. The van der Waals surface area contributed by atoms with Gasteiger partial charge < -0.3 is 15.1 Å². The maximum Gasteiger partial charge on any atom is 0.314 e. The Morgan fingerprint density at radius 1 is 1.36 bits per heavy atom. The van der Waals surface area contributed by atoms with Crippen LogP contribution in [0.25, 0.3) is 0 Å². The fraction of sp³-hybridized carbons (Fsp3) is 0.688. The second kappa shape index (κ2) is 7.05. The Hall–Kier alpha value is -1.69. The van der Waals surface area contributed by atoms with Gasteiger partial charge in [0.2, 0.25) is 5.95 Å². The van der Waals surface area contributed by atoms with Gasteiger partial charge >= 0.3 is 5.97 Å². The van der Waals surface area contributed by atoms with Crippen LogP contribution < -0.4 is 4.90 Å². The van der Waals surface area contributed by atoms with E-state index >= 15 is 0 Å². The molecule has 1 saturated heterocycles. The molecular formula is C16H25N3O3. The number of hydrogen-bond acceptors (Lipinski definition) is 5. The lowest BCUT2D eigenvalue weighted by Crippen LogP contribution is -2.56. The summed E-state index contributed by atoms with van der Waals surface area (Å²) < 4.78 is 0. The van der Waals surface area contributed by atoms with Crippen LogP contribution in [0.4, 0.5) is 5.95 Å². The second-order valence-electron chi connectivity index (χ2n) is 6.08. The normalized spacial score (nSPS) is 25.2. The van der Waals surface area contributed by atoms with Crippen LogP contribution in [0.2, 0.25) is 0 Å². The molecule has 2 rings (SSSR count). The highest BCUT2D eigenvalue weighted by atomic mass is 16.4. The zero-order chi connectivity index (χ0) is 16.2. The van der Waals surface area contributed by atoms with Crippen molar-refractivity contribution in [2.24, 2.45) is 5.41 Å². The van der Waals surface area contributed by atoms with Gasteiger partial charge in [-0.15, -0.1) is 0 Å². The summed E-state index contributed by atoms with van der Waals surface area (Å²) in [6.07, 6.45) is 6.36. The minimum absolute atomic E-state index is 0.254. The molecule has 2 N–H and O–H groups in total.